The van der Waals surface area contributed by atoms with Gasteiger partial charge in [0, 0.05) is 23.1 Å². The molecular weight excluding hydrogens is 238 g/mol. The van der Waals surface area contributed by atoms with E-state index in [1.165, 1.54) is 6.33 Å². The maximum absolute atomic E-state index is 11.2. The molecule has 2 heterocycles. The van der Waals surface area contributed by atoms with Crippen molar-refractivity contribution in [3.05, 3.63) is 38.9 Å². The number of nitrogens with zero attached hydrogens (tertiary/aromatic N) is 5. The molecule has 0 aliphatic carbocycles. The Hall–Kier alpha value is -1.89. The second-order valence-corrected chi connectivity index (χ2v) is 4.13. The Bertz CT molecular complexity index is 537. The minimum absolute atomic E-state index is 0.215. The van der Waals surface area contributed by atoms with E-state index < -0.39 is 12.1 Å². The normalized spacial score (nSPS) is 26.9. The van der Waals surface area contributed by atoms with Gasteiger partial charge in [0.15, 0.2) is 0 Å². The Kier molecular flexibility index (Phi) is 3.61. The summed E-state index contributed by atoms with van der Waals surface area (Å²) in [6.07, 6.45) is 2.55. The smallest absolute Gasteiger partial charge is 0.275 e. The number of aryl methyl sites for hydroxylation is 1. The number of hydrogen-bond donors (Lipinski definition) is 1. The first-order valence-corrected chi connectivity index (χ1v) is 5.50. The van der Waals surface area contributed by atoms with Crippen LogP contribution in [-0.4, -0.2) is 33.4 Å². The predicted molar refractivity (Wildman–Crippen MR) is 61.8 cm³/mol. The molecule has 0 bridgehead atoms. The van der Waals surface area contributed by atoms with Crippen LogP contribution in [0.15, 0.2) is 22.4 Å². The summed E-state index contributed by atoms with van der Waals surface area (Å²) in [6.45, 7) is 1.45. The van der Waals surface area contributed by atoms with Gasteiger partial charge < -0.3 is 14.4 Å². The molecule has 3 atom stereocenters. The fourth-order valence-corrected chi connectivity index (χ4v) is 1.94. The molecule has 1 aliphatic heterocycles. The molecule has 1 aromatic heterocycles. The van der Waals surface area contributed by atoms with Crippen LogP contribution in [0.1, 0.15) is 18.2 Å². The molecule has 1 saturated heterocycles. The van der Waals surface area contributed by atoms with E-state index >= 15 is 0 Å². The molecule has 0 saturated carbocycles. The summed E-state index contributed by atoms with van der Waals surface area (Å²) in [7, 11) is 0. The van der Waals surface area contributed by atoms with Crippen molar-refractivity contribution in [3.63, 3.8) is 0 Å². The van der Waals surface area contributed by atoms with Crippen molar-refractivity contribution in [1.29, 1.82) is 0 Å². The molecule has 0 aromatic carbocycles. The molecule has 1 N–H and O–H groups in total. The molecule has 0 amide bonds. The molecule has 8 nitrogen and oxygen atoms in total. The van der Waals surface area contributed by atoms with Gasteiger partial charge in [-0.2, -0.15) is 4.98 Å². The van der Waals surface area contributed by atoms with Crippen molar-refractivity contribution in [2.45, 2.75) is 31.7 Å². The minimum Gasteiger partial charge on any atom is -0.394 e. The van der Waals surface area contributed by atoms with Crippen molar-refractivity contribution in [1.82, 2.24) is 9.55 Å². The average molecular weight is 251 g/mol. The molecule has 1 aliphatic rings. The summed E-state index contributed by atoms with van der Waals surface area (Å²) in [5, 5.41) is 12.7. The fraction of sp³-hybridized carbons (Fsp3) is 0.600. The summed E-state index contributed by atoms with van der Waals surface area (Å²) in [6, 6.07) is -0.412. The van der Waals surface area contributed by atoms with E-state index in [1.807, 2.05) is 0 Å². The molecule has 0 unspecified atom stereocenters. The van der Waals surface area contributed by atoms with Gasteiger partial charge >= 0.3 is 0 Å². The fourth-order valence-electron chi connectivity index (χ4n) is 1.94. The first kappa shape index (κ1) is 12.6. The SMILES string of the molecule is Cc1cn([C@H]2C[C@H](N=[N+]=[N-])[C@@H](CO)O2)cnc1=O. The quantitative estimate of drug-likeness (QED) is 0.479. The molecule has 0 spiro atoms. The average Bonchev–Trinajstić information content (AvgIpc) is 2.76. The molecule has 1 aromatic rings. The van der Waals surface area contributed by atoms with Crippen molar-refractivity contribution >= 4 is 0 Å². The van der Waals surface area contributed by atoms with Crippen molar-refractivity contribution in [3.8, 4) is 0 Å². The van der Waals surface area contributed by atoms with E-state index in [1.54, 1.807) is 17.7 Å². The second-order valence-electron chi connectivity index (χ2n) is 4.13. The van der Waals surface area contributed by atoms with Crippen molar-refractivity contribution < 1.29 is 9.84 Å². The highest BCUT2D eigenvalue weighted by Gasteiger charge is 2.34. The topological polar surface area (TPSA) is 113 Å². The van der Waals surface area contributed by atoms with E-state index in [4.69, 9.17) is 15.4 Å². The number of rotatable bonds is 3. The van der Waals surface area contributed by atoms with Crippen LogP contribution in [0.3, 0.4) is 0 Å². The summed E-state index contributed by atoms with van der Waals surface area (Å²) >= 11 is 0. The third-order valence-corrected chi connectivity index (χ3v) is 2.90. The zero-order valence-corrected chi connectivity index (χ0v) is 9.80. The molecule has 0 radical (unpaired) electrons. The third-order valence-electron chi connectivity index (χ3n) is 2.90. The van der Waals surface area contributed by atoms with Crippen LogP contribution in [0.5, 0.6) is 0 Å². The van der Waals surface area contributed by atoms with Gasteiger partial charge in [0.2, 0.25) is 0 Å². The van der Waals surface area contributed by atoms with E-state index in [0.717, 1.165) is 0 Å². The van der Waals surface area contributed by atoms with Crippen LogP contribution >= 0.6 is 0 Å². The Labute approximate surface area is 102 Å². The number of aromatic nitrogens is 2. The number of hydrogen-bond acceptors (Lipinski definition) is 5. The van der Waals surface area contributed by atoms with Crippen LogP contribution in [0.4, 0.5) is 0 Å². The van der Waals surface area contributed by atoms with E-state index in [9.17, 15) is 4.79 Å². The Morgan fingerprint density at radius 2 is 2.56 bits per heavy atom. The van der Waals surface area contributed by atoms with Gasteiger partial charge in [-0.1, -0.05) is 5.11 Å². The van der Waals surface area contributed by atoms with Gasteiger partial charge in [0.05, 0.1) is 18.8 Å². The van der Waals surface area contributed by atoms with Gasteiger partial charge in [-0.15, -0.1) is 0 Å². The van der Waals surface area contributed by atoms with E-state index in [2.05, 4.69) is 15.0 Å². The van der Waals surface area contributed by atoms with Gasteiger partial charge in [0.25, 0.3) is 5.56 Å². The highest BCUT2D eigenvalue weighted by molar-refractivity contribution is 5.02. The van der Waals surface area contributed by atoms with E-state index in [-0.39, 0.29) is 18.4 Å². The summed E-state index contributed by atoms with van der Waals surface area (Å²) in [5.41, 5.74) is 8.66. The zero-order valence-electron chi connectivity index (χ0n) is 9.80. The standard InChI is InChI=1S/C10H13N5O3/c1-6-3-15(5-12-10(6)17)9-2-7(13-14-11)8(4-16)18-9/h3,5,7-9,16H,2,4H2,1H3/t7-,8+,9+/m0/s1. The number of ether oxygens (including phenoxy) is 1. The van der Waals surface area contributed by atoms with Crippen LogP contribution < -0.4 is 5.56 Å². The van der Waals surface area contributed by atoms with Crippen LogP contribution in [-0.2, 0) is 4.74 Å². The second kappa shape index (κ2) is 5.18. The van der Waals surface area contributed by atoms with Crippen LogP contribution in [0.2, 0.25) is 0 Å². The first-order chi connectivity index (χ1) is 8.65. The first-order valence-electron chi connectivity index (χ1n) is 5.50. The Morgan fingerprint density at radius 1 is 1.78 bits per heavy atom. The largest absolute Gasteiger partial charge is 0.394 e. The third kappa shape index (κ3) is 2.35. The number of azide groups is 1. The maximum Gasteiger partial charge on any atom is 0.275 e. The van der Waals surface area contributed by atoms with Gasteiger partial charge in [-0.3, -0.25) is 4.79 Å². The van der Waals surface area contributed by atoms with E-state index in [0.29, 0.717) is 12.0 Å². The van der Waals surface area contributed by atoms with Gasteiger partial charge in [0.1, 0.15) is 12.6 Å². The zero-order chi connectivity index (χ0) is 13.1. The van der Waals surface area contributed by atoms with Gasteiger partial charge in [-0.25, -0.2) is 0 Å². The molecule has 2 rings (SSSR count). The Morgan fingerprint density at radius 3 is 3.17 bits per heavy atom. The highest BCUT2D eigenvalue weighted by atomic mass is 16.5. The van der Waals surface area contributed by atoms with Crippen LogP contribution in [0.25, 0.3) is 10.4 Å². The maximum atomic E-state index is 11.2. The summed E-state index contributed by atoms with van der Waals surface area (Å²) < 4.78 is 7.21. The highest BCUT2D eigenvalue weighted by Crippen LogP contribution is 2.30. The molecule has 96 valence electrons. The lowest BCUT2D eigenvalue weighted by atomic mass is 10.1. The number of aliphatic hydroxyl groups is 1. The summed E-state index contributed by atoms with van der Waals surface area (Å²) in [5.74, 6) is 0. The Balaban J connectivity index is 2.22. The molecular formula is C10H13N5O3. The lowest BCUT2D eigenvalue weighted by Crippen LogP contribution is -2.23. The lowest BCUT2D eigenvalue weighted by molar-refractivity contribution is -0.0256. The van der Waals surface area contributed by atoms with Crippen molar-refractivity contribution in [2.75, 3.05) is 6.61 Å². The van der Waals surface area contributed by atoms with Crippen molar-refractivity contribution in [2.24, 2.45) is 5.11 Å². The minimum atomic E-state index is -0.523. The molecule has 18 heavy (non-hydrogen) atoms. The molecule has 1 fully saturated rings. The predicted octanol–water partition coefficient (Wildman–Crippen LogP) is 0.510. The van der Waals surface area contributed by atoms with Gasteiger partial charge in [-0.05, 0) is 12.5 Å². The molecule has 8 heteroatoms. The lowest BCUT2D eigenvalue weighted by Gasteiger charge is -2.15. The number of aliphatic hydroxyl groups excluding tert-OH is 1. The van der Waals surface area contributed by atoms with Crippen LogP contribution in [0, 0.1) is 6.92 Å². The summed E-state index contributed by atoms with van der Waals surface area (Å²) in [4.78, 5) is 17.6. The monoisotopic (exact) mass is 251 g/mol.